The molecule has 2 amide bonds. The number of halogens is 3. The molecule has 0 bridgehead atoms. The van der Waals surface area contributed by atoms with Crippen molar-refractivity contribution in [3.05, 3.63) is 65.4 Å². The minimum absolute atomic E-state index is 0.0406. The first-order valence-corrected chi connectivity index (χ1v) is 10.3. The van der Waals surface area contributed by atoms with Crippen molar-refractivity contribution in [2.24, 2.45) is 5.73 Å². The van der Waals surface area contributed by atoms with Gasteiger partial charge in [0.05, 0.1) is 5.69 Å². The van der Waals surface area contributed by atoms with Gasteiger partial charge >= 0.3 is 12.3 Å². The Hall–Kier alpha value is -4.55. The lowest BCUT2D eigenvalue weighted by atomic mass is 10.1. The number of hydrogen-bond acceptors (Lipinski definition) is 5. The minimum atomic E-state index is -4.80. The Balaban J connectivity index is 1.58. The van der Waals surface area contributed by atoms with Gasteiger partial charge in [0.15, 0.2) is 11.7 Å². The number of nitrogens with zero attached hydrogens (tertiary/aromatic N) is 3. The van der Waals surface area contributed by atoms with E-state index in [0.717, 1.165) is 15.9 Å². The third-order valence-electron chi connectivity index (χ3n) is 5.17. The zero-order valence-corrected chi connectivity index (χ0v) is 18.3. The lowest BCUT2D eigenvalue weighted by molar-refractivity contribution is -0.141. The molecule has 1 aliphatic heterocycles. The van der Waals surface area contributed by atoms with Gasteiger partial charge in [-0.1, -0.05) is 6.07 Å². The Morgan fingerprint density at radius 2 is 1.97 bits per heavy atom. The van der Waals surface area contributed by atoms with Gasteiger partial charge in [-0.25, -0.2) is 4.79 Å². The molecule has 1 aliphatic rings. The first kappa shape index (κ1) is 23.6. The lowest BCUT2D eigenvalue weighted by Gasteiger charge is -2.19. The number of amides is 2. The number of guanidine groups is 1. The number of carbonyl (C=O) groups is 2. The SMILES string of the molecule is Cc1cc(NC(=O)Oc2cc(C(F)(F)F)nn2-c2cccc(C(N)=O)c2)ccc1N1CCNC1=N. The number of hydrogen-bond donors (Lipinski definition) is 4. The Morgan fingerprint density at radius 3 is 2.60 bits per heavy atom. The Labute approximate surface area is 197 Å². The van der Waals surface area contributed by atoms with Gasteiger partial charge in [-0.2, -0.15) is 23.0 Å². The number of nitrogens with two attached hydrogens (primary N) is 1. The minimum Gasteiger partial charge on any atom is -0.391 e. The number of alkyl halides is 3. The van der Waals surface area contributed by atoms with Crippen LogP contribution in [0.25, 0.3) is 5.69 Å². The van der Waals surface area contributed by atoms with Crippen LogP contribution in [0.1, 0.15) is 21.6 Å². The standard InChI is InChI=1S/C22H20F3N7O3/c1-12-9-14(5-6-16(12)31-8-7-28-20(31)27)29-21(34)35-18-11-17(22(23,24)25)30-32(18)15-4-2-3-13(10-15)19(26)33/h2-6,9-11H,7-8H2,1H3,(H2,26,33)(H2,27,28)(H,29,34). The van der Waals surface area contributed by atoms with Crippen molar-refractivity contribution in [3.63, 3.8) is 0 Å². The first-order chi connectivity index (χ1) is 16.5. The van der Waals surface area contributed by atoms with E-state index in [9.17, 15) is 22.8 Å². The topological polar surface area (TPSA) is 138 Å². The van der Waals surface area contributed by atoms with Crippen LogP contribution in [0, 0.1) is 12.3 Å². The van der Waals surface area contributed by atoms with Crippen molar-refractivity contribution in [1.82, 2.24) is 15.1 Å². The van der Waals surface area contributed by atoms with Crippen molar-refractivity contribution in [2.45, 2.75) is 13.1 Å². The third kappa shape index (κ3) is 5.03. The molecule has 0 radical (unpaired) electrons. The van der Waals surface area contributed by atoms with Crippen LogP contribution in [0.2, 0.25) is 0 Å². The number of aryl methyl sites for hydroxylation is 1. The number of anilines is 2. The van der Waals surface area contributed by atoms with E-state index in [1.54, 1.807) is 30.0 Å². The van der Waals surface area contributed by atoms with Crippen LogP contribution < -0.4 is 26.0 Å². The quantitative estimate of drug-likeness (QED) is 0.436. The van der Waals surface area contributed by atoms with Gasteiger partial charge in [-0.3, -0.25) is 15.5 Å². The predicted octanol–water partition coefficient (Wildman–Crippen LogP) is 3.25. The van der Waals surface area contributed by atoms with E-state index in [2.05, 4.69) is 15.7 Å². The molecular formula is C22H20F3N7O3. The van der Waals surface area contributed by atoms with E-state index in [1.165, 1.54) is 24.3 Å². The molecule has 10 nitrogen and oxygen atoms in total. The highest BCUT2D eigenvalue weighted by molar-refractivity contribution is 5.97. The van der Waals surface area contributed by atoms with E-state index >= 15 is 0 Å². The molecule has 2 aromatic carbocycles. The molecule has 1 saturated heterocycles. The zero-order chi connectivity index (χ0) is 25.3. The molecule has 1 aromatic heterocycles. The summed E-state index contributed by atoms with van der Waals surface area (Å²) in [4.78, 5) is 25.8. The molecule has 5 N–H and O–H groups in total. The maximum absolute atomic E-state index is 13.3. The molecule has 3 aromatic rings. The molecule has 35 heavy (non-hydrogen) atoms. The van der Waals surface area contributed by atoms with E-state index in [4.69, 9.17) is 15.9 Å². The molecule has 0 unspecified atom stereocenters. The molecular weight excluding hydrogens is 467 g/mol. The van der Waals surface area contributed by atoms with Crippen molar-refractivity contribution < 1.29 is 27.5 Å². The molecule has 0 aliphatic carbocycles. The molecule has 182 valence electrons. The van der Waals surface area contributed by atoms with Crippen molar-refractivity contribution in [2.75, 3.05) is 23.3 Å². The van der Waals surface area contributed by atoms with Gasteiger partial charge in [0.25, 0.3) is 0 Å². The van der Waals surface area contributed by atoms with Gasteiger partial charge in [-0.05, 0) is 48.9 Å². The molecule has 13 heteroatoms. The highest BCUT2D eigenvalue weighted by Gasteiger charge is 2.36. The Morgan fingerprint density at radius 1 is 1.20 bits per heavy atom. The van der Waals surface area contributed by atoms with E-state index in [-0.39, 0.29) is 17.2 Å². The van der Waals surface area contributed by atoms with Crippen LogP contribution in [0.3, 0.4) is 0 Å². The largest absolute Gasteiger partial charge is 0.435 e. The Bertz CT molecular complexity index is 1320. The van der Waals surface area contributed by atoms with Gasteiger partial charge < -0.3 is 20.7 Å². The number of nitrogens with one attached hydrogen (secondary N) is 3. The van der Waals surface area contributed by atoms with Crippen molar-refractivity contribution in [3.8, 4) is 11.6 Å². The number of ether oxygens (including phenoxy) is 1. The summed E-state index contributed by atoms with van der Waals surface area (Å²) < 4.78 is 45.8. The van der Waals surface area contributed by atoms with Crippen molar-refractivity contribution >= 4 is 29.3 Å². The normalized spacial score (nSPS) is 13.5. The summed E-state index contributed by atoms with van der Waals surface area (Å²) in [5.74, 6) is -1.03. The average molecular weight is 487 g/mol. The maximum Gasteiger partial charge on any atom is 0.435 e. The summed E-state index contributed by atoms with van der Waals surface area (Å²) in [6.07, 6.45) is -5.85. The fraction of sp³-hybridized carbons (Fsp3) is 0.182. The Kier molecular flexibility index (Phi) is 6.07. The van der Waals surface area contributed by atoms with Crippen molar-refractivity contribution in [1.29, 1.82) is 5.41 Å². The second-order valence-electron chi connectivity index (χ2n) is 7.63. The van der Waals surface area contributed by atoms with Gasteiger partial charge in [-0.15, -0.1) is 0 Å². The second-order valence-corrected chi connectivity index (χ2v) is 7.63. The summed E-state index contributed by atoms with van der Waals surface area (Å²) in [5.41, 5.74) is 5.93. The maximum atomic E-state index is 13.3. The van der Waals surface area contributed by atoms with Crippen LogP contribution in [-0.2, 0) is 6.18 Å². The summed E-state index contributed by atoms with van der Waals surface area (Å²) in [6.45, 7) is 3.06. The summed E-state index contributed by atoms with van der Waals surface area (Å²) in [7, 11) is 0. The second kappa shape index (κ2) is 9.00. The molecule has 2 heterocycles. The number of primary amides is 1. The average Bonchev–Trinajstić information content (AvgIpc) is 3.40. The van der Waals surface area contributed by atoms with Crippen LogP contribution in [0.4, 0.5) is 29.3 Å². The smallest absolute Gasteiger partial charge is 0.391 e. The summed E-state index contributed by atoms with van der Waals surface area (Å²) >= 11 is 0. The number of aromatic nitrogens is 2. The molecule has 0 atom stereocenters. The number of rotatable bonds is 5. The number of carbonyl (C=O) groups excluding carboxylic acids is 2. The van der Waals surface area contributed by atoms with E-state index < -0.39 is 29.8 Å². The van der Waals surface area contributed by atoms with Gasteiger partial charge in [0, 0.05) is 36.1 Å². The van der Waals surface area contributed by atoms with Crippen LogP contribution in [0.15, 0.2) is 48.5 Å². The van der Waals surface area contributed by atoms with Crippen LogP contribution in [0.5, 0.6) is 5.88 Å². The highest BCUT2D eigenvalue weighted by atomic mass is 19.4. The first-order valence-electron chi connectivity index (χ1n) is 10.3. The fourth-order valence-electron chi connectivity index (χ4n) is 3.56. The summed E-state index contributed by atoms with van der Waals surface area (Å²) in [5, 5.41) is 16.8. The van der Waals surface area contributed by atoms with Crippen LogP contribution in [-0.4, -0.2) is 40.8 Å². The molecule has 4 rings (SSSR count). The zero-order valence-electron chi connectivity index (χ0n) is 18.3. The third-order valence-corrected chi connectivity index (χ3v) is 5.17. The molecule has 0 saturated carbocycles. The fourth-order valence-corrected chi connectivity index (χ4v) is 3.56. The lowest BCUT2D eigenvalue weighted by Crippen LogP contribution is -2.29. The highest BCUT2D eigenvalue weighted by Crippen LogP contribution is 2.32. The summed E-state index contributed by atoms with van der Waals surface area (Å²) in [6, 6.07) is 10.9. The van der Waals surface area contributed by atoms with E-state index in [0.29, 0.717) is 24.8 Å². The monoisotopic (exact) mass is 487 g/mol. The number of benzene rings is 2. The van der Waals surface area contributed by atoms with Gasteiger partial charge in [0.2, 0.25) is 11.8 Å². The van der Waals surface area contributed by atoms with Gasteiger partial charge in [0.1, 0.15) is 0 Å². The van der Waals surface area contributed by atoms with E-state index in [1.807, 2.05) is 0 Å². The predicted molar refractivity (Wildman–Crippen MR) is 121 cm³/mol. The molecule has 0 spiro atoms. The van der Waals surface area contributed by atoms with Crippen LogP contribution >= 0.6 is 0 Å². The molecule has 1 fully saturated rings.